The van der Waals surface area contributed by atoms with Gasteiger partial charge in [-0.1, -0.05) is 36.4 Å². The van der Waals surface area contributed by atoms with E-state index in [1.165, 1.54) is 0 Å². The van der Waals surface area contributed by atoms with Gasteiger partial charge in [-0.2, -0.15) is 0 Å². The summed E-state index contributed by atoms with van der Waals surface area (Å²) in [5.74, 6) is 1.02. The molecular weight excluding hydrogens is 378 g/mol. The monoisotopic (exact) mass is 409 g/mol. The molecule has 1 amide bonds. The number of ether oxygens (including phenoxy) is 2. The number of β-amino-alcohol motifs (C(OH)–C–C–N with tert-alkyl or cyclic N) is 1. The van der Waals surface area contributed by atoms with E-state index in [1.807, 2.05) is 17.0 Å². The van der Waals surface area contributed by atoms with Crippen LogP contribution in [0.1, 0.15) is 31.2 Å². The van der Waals surface area contributed by atoms with Gasteiger partial charge in [-0.3, -0.25) is 4.79 Å². The standard InChI is InChI=1S/C25H31NO4/c1-29-23-9-7-20(8-10-23)21-5-2-4-19(16-21)17-25(11-14-30-15-12-25)24(28)26-13-3-6-22(27)18-26/h2,4-5,7-10,16,22,27H,3,6,11-15,17-18H2,1H3/t22-/m0/s1. The van der Waals surface area contributed by atoms with E-state index in [4.69, 9.17) is 9.47 Å². The predicted octanol–water partition coefficient (Wildman–Crippen LogP) is 3.68. The van der Waals surface area contributed by atoms with Gasteiger partial charge in [0.25, 0.3) is 0 Å². The lowest BCUT2D eigenvalue weighted by Crippen LogP contribution is -2.52. The van der Waals surface area contributed by atoms with Gasteiger partial charge in [-0.05, 0) is 60.9 Å². The third-order valence-electron chi connectivity index (χ3n) is 6.48. The number of nitrogens with zero attached hydrogens (tertiary/aromatic N) is 1. The number of aliphatic hydroxyl groups is 1. The summed E-state index contributed by atoms with van der Waals surface area (Å²) in [4.78, 5) is 15.5. The van der Waals surface area contributed by atoms with E-state index in [2.05, 4.69) is 36.4 Å². The van der Waals surface area contributed by atoms with Crippen molar-refractivity contribution in [3.05, 3.63) is 54.1 Å². The number of carbonyl (C=O) groups is 1. The highest BCUT2D eigenvalue weighted by Crippen LogP contribution is 2.38. The second kappa shape index (κ2) is 9.19. The second-order valence-corrected chi connectivity index (χ2v) is 8.55. The molecule has 1 atom stereocenters. The Morgan fingerprint density at radius 2 is 1.93 bits per heavy atom. The van der Waals surface area contributed by atoms with E-state index in [-0.39, 0.29) is 5.91 Å². The largest absolute Gasteiger partial charge is 0.497 e. The molecule has 2 aliphatic heterocycles. The van der Waals surface area contributed by atoms with E-state index in [0.29, 0.717) is 26.2 Å². The first-order valence-electron chi connectivity index (χ1n) is 10.9. The Balaban J connectivity index is 1.58. The molecular formula is C25H31NO4. The van der Waals surface area contributed by atoms with Gasteiger partial charge in [0.05, 0.1) is 18.6 Å². The van der Waals surface area contributed by atoms with Crippen LogP contribution in [0, 0.1) is 5.41 Å². The number of carbonyl (C=O) groups excluding carboxylic acids is 1. The molecule has 1 N–H and O–H groups in total. The maximum Gasteiger partial charge on any atom is 0.229 e. The normalized spacial score (nSPS) is 21.3. The molecule has 30 heavy (non-hydrogen) atoms. The quantitative estimate of drug-likeness (QED) is 0.818. The van der Waals surface area contributed by atoms with Crippen molar-refractivity contribution in [3.63, 3.8) is 0 Å². The van der Waals surface area contributed by atoms with Crippen LogP contribution in [0.4, 0.5) is 0 Å². The van der Waals surface area contributed by atoms with Gasteiger partial charge in [-0.15, -0.1) is 0 Å². The molecule has 5 nitrogen and oxygen atoms in total. The maximum absolute atomic E-state index is 13.6. The minimum absolute atomic E-state index is 0.180. The number of aliphatic hydroxyl groups excluding tert-OH is 1. The molecule has 4 rings (SSSR count). The van der Waals surface area contributed by atoms with Crippen LogP contribution in [0.25, 0.3) is 11.1 Å². The predicted molar refractivity (Wildman–Crippen MR) is 116 cm³/mol. The molecule has 0 aromatic heterocycles. The summed E-state index contributed by atoms with van der Waals surface area (Å²) in [5, 5.41) is 10.1. The van der Waals surface area contributed by atoms with Crippen LogP contribution < -0.4 is 4.74 Å². The summed E-state index contributed by atoms with van der Waals surface area (Å²) < 4.78 is 10.9. The summed E-state index contributed by atoms with van der Waals surface area (Å²) in [6.45, 7) is 2.42. The number of methoxy groups -OCH3 is 1. The van der Waals surface area contributed by atoms with Crippen molar-refractivity contribution in [1.82, 2.24) is 4.90 Å². The molecule has 160 valence electrons. The Morgan fingerprint density at radius 1 is 1.17 bits per heavy atom. The van der Waals surface area contributed by atoms with Crippen LogP contribution in [0.5, 0.6) is 5.75 Å². The Labute approximate surface area is 178 Å². The first-order valence-corrected chi connectivity index (χ1v) is 10.9. The highest BCUT2D eigenvalue weighted by Gasteiger charge is 2.43. The zero-order chi connectivity index (χ0) is 21.0. The molecule has 0 saturated carbocycles. The molecule has 2 heterocycles. The second-order valence-electron chi connectivity index (χ2n) is 8.55. The Hall–Kier alpha value is -2.37. The molecule has 5 heteroatoms. The molecule has 2 saturated heterocycles. The summed E-state index contributed by atoms with van der Waals surface area (Å²) in [7, 11) is 1.67. The highest BCUT2D eigenvalue weighted by atomic mass is 16.5. The van der Waals surface area contributed by atoms with Crippen molar-refractivity contribution >= 4 is 5.91 Å². The molecule has 2 aromatic carbocycles. The summed E-state index contributed by atoms with van der Waals surface area (Å²) in [6.07, 6.45) is 3.40. The third kappa shape index (κ3) is 4.52. The maximum atomic E-state index is 13.6. The number of amides is 1. The Bertz CT molecular complexity index is 858. The van der Waals surface area contributed by atoms with E-state index >= 15 is 0 Å². The van der Waals surface area contributed by atoms with E-state index in [1.54, 1.807) is 7.11 Å². The molecule has 0 spiro atoms. The zero-order valence-electron chi connectivity index (χ0n) is 17.7. The van der Waals surface area contributed by atoms with Gasteiger partial charge >= 0.3 is 0 Å². The average Bonchev–Trinajstić information content (AvgIpc) is 2.79. The van der Waals surface area contributed by atoms with Crippen LogP contribution in [0.2, 0.25) is 0 Å². The lowest BCUT2D eigenvalue weighted by Gasteiger charge is -2.42. The molecule has 0 radical (unpaired) electrons. The van der Waals surface area contributed by atoms with Gasteiger partial charge < -0.3 is 19.5 Å². The summed E-state index contributed by atoms with van der Waals surface area (Å²) in [5.41, 5.74) is 2.98. The number of hydrogen-bond donors (Lipinski definition) is 1. The van der Waals surface area contributed by atoms with Gasteiger partial charge in [0.15, 0.2) is 0 Å². The topological polar surface area (TPSA) is 59.0 Å². The van der Waals surface area contributed by atoms with Gasteiger partial charge in [0, 0.05) is 26.3 Å². The number of rotatable bonds is 5. The molecule has 2 aromatic rings. The first kappa shape index (κ1) is 20.9. The number of piperidine rings is 1. The smallest absolute Gasteiger partial charge is 0.229 e. The third-order valence-corrected chi connectivity index (χ3v) is 6.48. The highest BCUT2D eigenvalue weighted by molar-refractivity contribution is 5.83. The summed E-state index contributed by atoms with van der Waals surface area (Å²) in [6, 6.07) is 16.5. The number of hydrogen-bond acceptors (Lipinski definition) is 4. The van der Waals surface area contributed by atoms with Crippen molar-refractivity contribution in [1.29, 1.82) is 0 Å². The zero-order valence-corrected chi connectivity index (χ0v) is 17.7. The minimum atomic E-state index is -0.451. The average molecular weight is 410 g/mol. The van der Waals surface area contributed by atoms with Crippen LogP contribution in [-0.2, 0) is 16.0 Å². The molecule has 0 unspecified atom stereocenters. The summed E-state index contributed by atoms with van der Waals surface area (Å²) >= 11 is 0. The van der Waals surface area contributed by atoms with E-state index in [0.717, 1.165) is 54.7 Å². The SMILES string of the molecule is COc1ccc(-c2cccc(CC3(C(=O)N4CCC[C@H](O)C4)CCOCC3)c2)cc1. The van der Waals surface area contributed by atoms with Crippen LogP contribution in [0.3, 0.4) is 0 Å². The molecule has 2 fully saturated rings. The molecule has 0 bridgehead atoms. The molecule has 0 aliphatic carbocycles. The lowest BCUT2D eigenvalue weighted by atomic mass is 9.73. The first-order chi connectivity index (χ1) is 14.6. The van der Waals surface area contributed by atoms with Crippen molar-refractivity contribution < 1.29 is 19.4 Å². The van der Waals surface area contributed by atoms with E-state index < -0.39 is 11.5 Å². The Morgan fingerprint density at radius 3 is 2.63 bits per heavy atom. The fourth-order valence-electron chi connectivity index (χ4n) is 4.74. The number of likely N-dealkylation sites (tertiary alicyclic amines) is 1. The molecule has 2 aliphatic rings. The van der Waals surface area contributed by atoms with Crippen molar-refractivity contribution in [2.24, 2.45) is 5.41 Å². The Kier molecular flexibility index (Phi) is 6.40. The van der Waals surface area contributed by atoms with Crippen molar-refractivity contribution in [3.8, 4) is 16.9 Å². The van der Waals surface area contributed by atoms with Gasteiger partial charge in [0.1, 0.15) is 5.75 Å². The minimum Gasteiger partial charge on any atom is -0.497 e. The fourth-order valence-corrected chi connectivity index (χ4v) is 4.74. The lowest BCUT2D eigenvalue weighted by molar-refractivity contribution is -0.151. The number of benzene rings is 2. The fraction of sp³-hybridized carbons (Fsp3) is 0.480. The van der Waals surface area contributed by atoms with Crippen molar-refractivity contribution in [2.45, 2.75) is 38.2 Å². The van der Waals surface area contributed by atoms with E-state index in [9.17, 15) is 9.90 Å². The van der Waals surface area contributed by atoms with Gasteiger partial charge in [-0.25, -0.2) is 0 Å². The van der Waals surface area contributed by atoms with Crippen LogP contribution in [-0.4, -0.2) is 55.4 Å². The van der Waals surface area contributed by atoms with Crippen LogP contribution in [0.15, 0.2) is 48.5 Å². The van der Waals surface area contributed by atoms with Crippen LogP contribution >= 0.6 is 0 Å². The van der Waals surface area contributed by atoms with Crippen molar-refractivity contribution in [2.75, 3.05) is 33.4 Å². The van der Waals surface area contributed by atoms with Gasteiger partial charge in [0.2, 0.25) is 5.91 Å².